The zero-order chi connectivity index (χ0) is 24.6. The molecule has 3 atom stereocenters. The molecule has 7 rings (SSSR count). The Labute approximate surface area is 217 Å². The fraction of sp³-hybridized carbons (Fsp3) is 0.212. The highest BCUT2D eigenvalue weighted by atomic mass is 16.7. The van der Waals surface area contributed by atoms with Gasteiger partial charge in [-0.2, -0.15) is 0 Å². The van der Waals surface area contributed by atoms with Crippen molar-refractivity contribution < 1.29 is 14.0 Å². The first-order valence-electron chi connectivity index (χ1n) is 13.2. The first-order chi connectivity index (χ1) is 18.4. The first-order valence-corrected chi connectivity index (χ1v) is 13.2. The molecule has 182 valence electrons. The molecule has 1 fully saturated rings. The summed E-state index contributed by atoms with van der Waals surface area (Å²) in [7, 11) is 0. The lowest BCUT2D eigenvalue weighted by atomic mass is 9.88. The zero-order valence-corrected chi connectivity index (χ0v) is 20.7. The maximum absolute atomic E-state index is 6.83. The van der Waals surface area contributed by atoms with Gasteiger partial charge in [-0.3, -0.25) is 4.99 Å². The molecule has 1 aliphatic carbocycles. The third-order valence-electron chi connectivity index (χ3n) is 7.67. The smallest absolute Gasteiger partial charge is 0.401 e. The van der Waals surface area contributed by atoms with Crippen molar-refractivity contribution in [3.63, 3.8) is 0 Å². The first kappa shape index (κ1) is 22.1. The predicted octanol–water partition coefficient (Wildman–Crippen LogP) is 6.45. The van der Waals surface area contributed by atoms with Crippen molar-refractivity contribution in [2.24, 2.45) is 4.99 Å². The lowest BCUT2D eigenvalue weighted by Gasteiger charge is -2.33. The maximum Gasteiger partial charge on any atom is 0.463 e. The molecule has 0 N–H and O–H groups in total. The van der Waals surface area contributed by atoms with Crippen LogP contribution in [0.3, 0.4) is 0 Å². The van der Waals surface area contributed by atoms with Gasteiger partial charge in [-0.25, -0.2) is 0 Å². The molecule has 3 aliphatic rings. The fourth-order valence-electron chi connectivity index (χ4n) is 5.98. The highest BCUT2D eigenvalue weighted by Gasteiger charge is 2.47. The molecule has 0 spiro atoms. The number of hydrogen-bond donors (Lipinski definition) is 0. The maximum atomic E-state index is 6.83. The van der Waals surface area contributed by atoms with Crippen LogP contribution in [0, 0.1) is 0 Å². The van der Waals surface area contributed by atoms with Crippen molar-refractivity contribution in [1.82, 2.24) is 0 Å². The average molecular weight is 486 g/mol. The Kier molecular flexibility index (Phi) is 5.58. The minimum absolute atomic E-state index is 0.119. The largest absolute Gasteiger partial charge is 0.463 e. The van der Waals surface area contributed by atoms with Crippen LogP contribution in [-0.2, 0) is 0 Å². The average Bonchev–Trinajstić information content (AvgIpc) is 3.02. The Morgan fingerprint density at radius 2 is 1.16 bits per heavy atom. The van der Waals surface area contributed by atoms with E-state index in [1.807, 2.05) is 24.3 Å². The van der Waals surface area contributed by atoms with E-state index in [0.29, 0.717) is 0 Å². The third-order valence-corrected chi connectivity index (χ3v) is 7.67. The van der Waals surface area contributed by atoms with Gasteiger partial charge in [0.1, 0.15) is 17.5 Å². The summed E-state index contributed by atoms with van der Waals surface area (Å²) in [6.45, 7) is 0. The molecule has 4 heteroatoms. The summed E-state index contributed by atoms with van der Waals surface area (Å²) in [6.07, 6.45) is 3.82. The SMILES string of the molecule is c1ccc(C2=NC3CCCCC3[N+]3=C(c4ccccc4)c4ccccc4OC3Oc3ccccc32)cc1. The van der Waals surface area contributed by atoms with Crippen LogP contribution in [0.5, 0.6) is 11.5 Å². The number of hydrogen-bond acceptors (Lipinski definition) is 3. The lowest BCUT2D eigenvalue weighted by Crippen LogP contribution is -2.53. The quantitative estimate of drug-likeness (QED) is 0.306. The molecule has 3 unspecified atom stereocenters. The Bertz CT molecular complexity index is 1490. The fourth-order valence-corrected chi connectivity index (χ4v) is 5.98. The van der Waals surface area contributed by atoms with Crippen molar-refractivity contribution in [3.8, 4) is 11.5 Å². The van der Waals surface area contributed by atoms with E-state index in [-0.39, 0.29) is 12.1 Å². The summed E-state index contributed by atoms with van der Waals surface area (Å²) < 4.78 is 15.9. The second-order valence-corrected chi connectivity index (χ2v) is 9.92. The Balaban J connectivity index is 1.52. The van der Waals surface area contributed by atoms with E-state index >= 15 is 0 Å². The molecule has 4 aromatic rings. The van der Waals surface area contributed by atoms with Gasteiger partial charge < -0.3 is 9.47 Å². The van der Waals surface area contributed by atoms with Crippen LogP contribution in [0.15, 0.2) is 114 Å². The van der Waals surface area contributed by atoms with Gasteiger partial charge in [0.15, 0.2) is 6.04 Å². The van der Waals surface area contributed by atoms with Gasteiger partial charge in [0.2, 0.25) is 5.71 Å². The highest BCUT2D eigenvalue weighted by molar-refractivity contribution is 6.15. The van der Waals surface area contributed by atoms with E-state index in [9.17, 15) is 0 Å². The molecule has 1 saturated carbocycles. The van der Waals surface area contributed by atoms with Gasteiger partial charge in [-0.1, -0.05) is 79.2 Å². The van der Waals surface area contributed by atoms with Crippen LogP contribution in [-0.4, -0.2) is 34.5 Å². The molecular weight excluding hydrogens is 456 g/mol. The molecule has 4 aromatic carbocycles. The second kappa shape index (κ2) is 9.36. The van der Waals surface area contributed by atoms with Gasteiger partial charge in [-0.05, 0) is 49.2 Å². The monoisotopic (exact) mass is 485 g/mol. The van der Waals surface area contributed by atoms with Crippen molar-refractivity contribution in [2.45, 2.75) is 44.2 Å². The summed E-state index contributed by atoms with van der Waals surface area (Å²) in [5.74, 6) is 1.63. The van der Waals surface area contributed by atoms with E-state index < -0.39 is 6.41 Å². The van der Waals surface area contributed by atoms with Gasteiger partial charge in [0, 0.05) is 23.1 Å². The van der Waals surface area contributed by atoms with Crippen LogP contribution >= 0.6 is 0 Å². The molecule has 2 heterocycles. The summed E-state index contributed by atoms with van der Waals surface area (Å²) in [6, 6.07) is 38.0. The van der Waals surface area contributed by atoms with Crippen molar-refractivity contribution >= 4 is 11.4 Å². The second-order valence-electron chi connectivity index (χ2n) is 9.92. The number of aliphatic imine (C=N–C) groups is 1. The zero-order valence-electron chi connectivity index (χ0n) is 20.7. The molecule has 4 nitrogen and oxygen atoms in total. The van der Waals surface area contributed by atoms with Crippen LogP contribution in [0.1, 0.15) is 47.9 Å². The molecule has 0 aromatic heterocycles. The molecule has 0 bridgehead atoms. The Morgan fingerprint density at radius 1 is 0.595 bits per heavy atom. The Morgan fingerprint density at radius 3 is 1.89 bits per heavy atom. The number of fused-ring (bicyclic) bond motifs is 5. The van der Waals surface area contributed by atoms with Gasteiger partial charge in [0.05, 0.1) is 11.3 Å². The molecule has 0 amide bonds. The van der Waals surface area contributed by atoms with Crippen LogP contribution in [0.2, 0.25) is 0 Å². The molecule has 0 radical (unpaired) electrons. The van der Waals surface area contributed by atoms with Gasteiger partial charge in [0.25, 0.3) is 0 Å². The number of benzene rings is 4. The standard InChI is InChI=1S/C33H29N2O2/c1-3-13-23(14-4-1)31-25-17-7-11-21-29(25)36-33-35(28-20-10-9-19-27(28)34-31)32(24-15-5-2-6-16-24)26-18-8-12-22-30(26)37-33/h1-8,11-18,21-22,27-28,33H,9-10,19-20H2/q+1. The molecule has 37 heavy (non-hydrogen) atoms. The van der Waals surface area contributed by atoms with Gasteiger partial charge in [-0.15, -0.1) is 4.58 Å². The normalized spacial score (nSPS) is 22.4. The Hall–Kier alpha value is -4.18. The minimum atomic E-state index is -0.595. The third kappa shape index (κ3) is 3.93. The molecule has 0 saturated heterocycles. The van der Waals surface area contributed by atoms with E-state index in [2.05, 4.69) is 89.5 Å². The summed E-state index contributed by atoms with van der Waals surface area (Å²) >= 11 is 0. The lowest BCUT2D eigenvalue weighted by molar-refractivity contribution is -0.674. The van der Waals surface area contributed by atoms with E-state index in [0.717, 1.165) is 64.4 Å². The van der Waals surface area contributed by atoms with Crippen molar-refractivity contribution in [1.29, 1.82) is 0 Å². The predicted molar refractivity (Wildman–Crippen MR) is 146 cm³/mol. The van der Waals surface area contributed by atoms with E-state index in [1.54, 1.807) is 0 Å². The summed E-state index contributed by atoms with van der Waals surface area (Å²) in [5.41, 5.74) is 6.52. The summed E-state index contributed by atoms with van der Waals surface area (Å²) in [4.78, 5) is 5.53. The van der Waals surface area contributed by atoms with Crippen LogP contribution in [0.4, 0.5) is 0 Å². The van der Waals surface area contributed by atoms with Gasteiger partial charge >= 0.3 is 6.41 Å². The number of ether oxygens (including phenoxy) is 2. The minimum Gasteiger partial charge on any atom is -0.401 e. The topological polar surface area (TPSA) is 33.8 Å². The van der Waals surface area contributed by atoms with Crippen molar-refractivity contribution in [2.75, 3.05) is 0 Å². The van der Waals surface area contributed by atoms with E-state index in [1.165, 1.54) is 6.42 Å². The number of para-hydroxylation sites is 2. The number of rotatable bonds is 2. The summed E-state index contributed by atoms with van der Waals surface area (Å²) in [5, 5.41) is 0. The highest BCUT2D eigenvalue weighted by Crippen LogP contribution is 2.36. The number of nitrogens with zero attached hydrogens (tertiary/aromatic N) is 2. The molecule has 2 aliphatic heterocycles. The molecular formula is C33H29N2O2+. The van der Waals surface area contributed by atoms with Crippen LogP contribution < -0.4 is 9.47 Å². The van der Waals surface area contributed by atoms with Crippen LogP contribution in [0.25, 0.3) is 0 Å². The van der Waals surface area contributed by atoms with E-state index in [4.69, 9.17) is 14.5 Å². The van der Waals surface area contributed by atoms with Crippen molar-refractivity contribution in [3.05, 3.63) is 131 Å².